The Morgan fingerprint density at radius 2 is 2.33 bits per heavy atom. The number of halogens is 1. The standard InChI is InChI=1S/C16H23FN2O2/c1-12-7-15(17)5-4-14(12)11-19-6-2-3-13(10-19)8-18-9-16(20)21/h4-5,7,13,18H,2-3,6,8-11H2,1H3,(H,20,21). The molecule has 0 spiro atoms. The van der Waals surface area contributed by atoms with Gasteiger partial charge in [0.1, 0.15) is 5.82 Å². The molecule has 1 heterocycles. The van der Waals surface area contributed by atoms with E-state index in [0.29, 0.717) is 5.92 Å². The lowest BCUT2D eigenvalue weighted by Gasteiger charge is -2.33. The summed E-state index contributed by atoms with van der Waals surface area (Å²) in [5.41, 5.74) is 2.15. The van der Waals surface area contributed by atoms with E-state index >= 15 is 0 Å². The number of aliphatic carboxylic acids is 1. The first kappa shape index (κ1) is 15.9. The van der Waals surface area contributed by atoms with E-state index in [1.807, 2.05) is 13.0 Å². The molecule has 1 atom stereocenters. The van der Waals surface area contributed by atoms with Gasteiger partial charge in [0.2, 0.25) is 0 Å². The van der Waals surface area contributed by atoms with Crippen LogP contribution >= 0.6 is 0 Å². The molecule has 116 valence electrons. The van der Waals surface area contributed by atoms with Gasteiger partial charge in [0.05, 0.1) is 6.54 Å². The first-order chi connectivity index (χ1) is 10.0. The van der Waals surface area contributed by atoms with Crippen molar-refractivity contribution < 1.29 is 14.3 Å². The monoisotopic (exact) mass is 294 g/mol. The van der Waals surface area contributed by atoms with E-state index in [4.69, 9.17) is 5.11 Å². The molecule has 1 aromatic carbocycles. The second-order valence-corrected chi connectivity index (χ2v) is 5.84. The van der Waals surface area contributed by atoms with E-state index < -0.39 is 5.97 Å². The third-order valence-corrected chi connectivity index (χ3v) is 4.01. The zero-order valence-electron chi connectivity index (χ0n) is 12.4. The highest BCUT2D eigenvalue weighted by Gasteiger charge is 2.20. The average molecular weight is 294 g/mol. The number of hydrogen-bond donors (Lipinski definition) is 2. The minimum atomic E-state index is -0.815. The molecule has 0 saturated carbocycles. The minimum absolute atomic E-state index is 0.0214. The maximum atomic E-state index is 13.1. The van der Waals surface area contributed by atoms with Gasteiger partial charge in [-0.15, -0.1) is 0 Å². The molecule has 21 heavy (non-hydrogen) atoms. The van der Waals surface area contributed by atoms with E-state index in [1.165, 1.54) is 6.07 Å². The summed E-state index contributed by atoms with van der Waals surface area (Å²) in [6, 6.07) is 4.94. The number of aryl methyl sites for hydroxylation is 1. The lowest BCUT2D eigenvalue weighted by Crippen LogP contribution is -2.40. The Hall–Kier alpha value is -1.46. The van der Waals surface area contributed by atoms with Crippen molar-refractivity contribution in [2.24, 2.45) is 5.92 Å². The predicted molar refractivity (Wildman–Crippen MR) is 79.6 cm³/mol. The number of carboxylic acids is 1. The maximum Gasteiger partial charge on any atom is 0.317 e. The van der Waals surface area contributed by atoms with Crippen LogP contribution in [-0.2, 0) is 11.3 Å². The molecule has 1 saturated heterocycles. The quantitative estimate of drug-likeness (QED) is 0.843. The summed E-state index contributed by atoms with van der Waals surface area (Å²) in [6.07, 6.45) is 2.26. The number of carbonyl (C=O) groups is 1. The molecule has 1 aromatic rings. The molecule has 1 unspecified atom stereocenters. The fourth-order valence-electron chi connectivity index (χ4n) is 2.92. The molecule has 1 aliphatic rings. The smallest absolute Gasteiger partial charge is 0.317 e. The zero-order valence-corrected chi connectivity index (χ0v) is 12.4. The Labute approximate surface area is 125 Å². The van der Waals surface area contributed by atoms with Crippen molar-refractivity contribution in [2.45, 2.75) is 26.3 Å². The van der Waals surface area contributed by atoms with Crippen LogP contribution in [0.1, 0.15) is 24.0 Å². The summed E-state index contributed by atoms with van der Waals surface area (Å²) < 4.78 is 13.1. The molecule has 1 fully saturated rings. The maximum absolute atomic E-state index is 13.1. The van der Waals surface area contributed by atoms with Crippen molar-refractivity contribution in [1.29, 1.82) is 0 Å². The second kappa shape index (κ2) is 7.52. The van der Waals surface area contributed by atoms with Gasteiger partial charge in [0.15, 0.2) is 0 Å². The Kier molecular flexibility index (Phi) is 5.70. The molecule has 0 aliphatic carbocycles. The van der Waals surface area contributed by atoms with Crippen LogP contribution in [0.2, 0.25) is 0 Å². The van der Waals surface area contributed by atoms with E-state index in [-0.39, 0.29) is 12.4 Å². The van der Waals surface area contributed by atoms with Crippen molar-refractivity contribution in [3.8, 4) is 0 Å². The fraction of sp³-hybridized carbons (Fsp3) is 0.562. The summed E-state index contributed by atoms with van der Waals surface area (Å²) in [6.45, 7) is 5.55. The van der Waals surface area contributed by atoms with Crippen molar-refractivity contribution in [1.82, 2.24) is 10.2 Å². The first-order valence-corrected chi connectivity index (χ1v) is 7.44. The number of likely N-dealkylation sites (tertiary alicyclic amines) is 1. The van der Waals surface area contributed by atoms with E-state index in [0.717, 1.165) is 50.1 Å². The molecule has 0 radical (unpaired) electrons. The Morgan fingerprint density at radius 1 is 1.52 bits per heavy atom. The van der Waals surface area contributed by atoms with Gasteiger partial charge in [-0.25, -0.2) is 4.39 Å². The Bertz CT molecular complexity index is 493. The molecular weight excluding hydrogens is 271 g/mol. The number of nitrogens with zero attached hydrogens (tertiary/aromatic N) is 1. The molecule has 2 rings (SSSR count). The van der Waals surface area contributed by atoms with Crippen molar-refractivity contribution in [3.63, 3.8) is 0 Å². The molecule has 1 aliphatic heterocycles. The average Bonchev–Trinajstić information content (AvgIpc) is 2.42. The molecule has 2 N–H and O–H groups in total. The van der Waals surface area contributed by atoms with Crippen LogP contribution in [0.5, 0.6) is 0 Å². The summed E-state index contributed by atoms with van der Waals surface area (Å²) in [7, 11) is 0. The van der Waals surface area contributed by atoms with E-state index in [9.17, 15) is 9.18 Å². The van der Waals surface area contributed by atoms with Gasteiger partial charge in [-0.2, -0.15) is 0 Å². The van der Waals surface area contributed by atoms with E-state index in [2.05, 4.69) is 10.2 Å². The van der Waals surface area contributed by atoms with Crippen LogP contribution in [0.4, 0.5) is 4.39 Å². The first-order valence-electron chi connectivity index (χ1n) is 7.44. The number of nitrogens with one attached hydrogen (secondary N) is 1. The number of hydrogen-bond acceptors (Lipinski definition) is 3. The van der Waals surface area contributed by atoms with Gasteiger partial charge in [0.25, 0.3) is 0 Å². The van der Waals surface area contributed by atoms with Crippen LogP contribution < -0.4 is 5.32 Å². The highest BCUT2D eigenvalue weighted by atomic mass is 19.1. The highest BCUT2D eigenvalue weighted by Crippen LogP contribution is 2.20. The number of carboxylic acid groups (broad SMARTS) is 1. The summed E-state index contributed by atoms with van der Waals surface area (Å²) in [4.78, 5) is 12.9. The van der Waals surface area contributed by atoms with Crippen molar-refractivity contribution in [2.75, 3.05) is 26.2 Å². The number of benzene rings is 1. The van der Waals surface area contributed by atoms with Crippen molar-refractivity contribution in [3.05, 3.63) is 35.1 Å². The summed E-state index contributed by atoms with van der Waals surface area (Å²) >= 11 is 0. The molecule has 5 heteroatoms. The van der Waals surface area contributed by atoms with Gasteiger partial charge in [-0.05, 0) is 62.0 Å². The minimum Gasteiger partial charge on any atom is -0.480 e. The van der Waals surface area contributed by atoms with Crippen LogP contribution in [0, 0.1) is 18.7 Å². The van der Waals surface area contributed by atoms with Gasteiger partial charge in [-0.3, -0.25) is 9.69 Å². The van der Waals surface area contributed by atoms with Crippen LogP contribution in [0.25, 0.3) is 0 Å². The third-order valence-electron chi connectivity index (χ3n) is 4.01. The normalized spacial score (nSPS) is 19.6. The summed E-state index contributed by atoms with van der Waals surface area (Å²) in [5, 5.41) is 11.6. The molecule has 0 aromatic heterocycles. The van der Waals surface area contributed by atoms with E-state index in [1.54, 1.807) is 6.07 Å². The van der Waals surface area contributed by atoms with Crippen LogP contribution in [0.15, 0.2) is 18.2 Å². The number of piperidine rings is 1. The van der Waals surface area contributed by atoms with Gasteiger partial charge < -0.3 is 10.4 Å². The second-order valence-electron chi connectivity index (χ2n) is 5.84. The Morgan fingerprint density at radius 3 is 3.05 bits per heavy atom. The molecular formula is C16H23FN2O2. The number of rotatable bonds is 6. The molecule has 0 amide bonds. The molecule has 4 nitrogen and oxygen atoms in total. The van der Waals surface area contributed by atoms with Gasteiger partial charge in [-0.1, -0.05) is 6.07 Å². The highest BCUT2D eigenvalue weighted by molar-refractivity contribution is 5.68. The van der Waals surface area contributed by atoms with Crippen molar-refractivity contribution >= 4 is 5.97 Å². The zero-order chi connectivity index (χ0) is 15.2. The topological polar surface area (TPSA) is 52.6 Å². The lowest BCUT2D eigenvalue weighted by atomic mass is 9.97. The molecule has 0 bridgehead atoms. The Balaban J connectivity index is 1.84. The summed E-state index contributed by atoms with van der Waals surface area (Å²) in [5.74, 6) is -0.519. The predicted octanol–water partition coefficient (Wildman–Crippen LogP) is 2.02. The SMILES string of the molecule is Cc1cc(F)ccc1CN1CCCC(CNCC(=O)O)C1. The van der Waals surface area contributed by atoms with Gasteiger partial charge in [0, 0.05) is 13.1 Å². The fourth-order valence-corrected chi connectivity index (χ4v) is 2.92. The van der Waals surface area contributed by atoms with Crippen LogP contribution in [-0.4, -0.2) is 42.2 Å². The van der Waals surface area contributed by atoms with Gasteiger partial charge >= 0.3 is 5.97 Å². The third kappa shape index (κ3) is 5.10. The van der Waals surface area contributed by atoms with Crippen LogP contribution in [0.3, 0.4) is 0 Å². The lowest BCUT2D eigenvalue weighted by molar-refractivity contribution is -0.136. The largest absolute Gasteiger partial charge is 0.480 e.